The minimum absolute atomic E-state index is 0.00106. The highest BCUT2D eigenvalue weighted by Gasteiger charge is 2.45. The fraction of sp³-hybridized carbons (Fsp3) is 0.870. The third-order valence-corrected chi connectivity index (χ3v) is 13.8. The predicted octanol–water partition coefficient (Wildman–Crippen LogP) is 2.53. The fourth-order valence-electron chi connectivity index (χ4n) is 8.06. The molecule has 6 amide bonds. The number of hydrogen-bond donors (Lipinski definition) is 10. The molecular formula is C46H87N6O14P. The first-order valence-electron chi connectivity index (χ1n) is 24.6. The molecule has 0 saturated carbocycles. The van der Waals surface area contributed by atoms with E-state index in [0.29, 0.717) is 45.4 Å². The highest BCUT2D eigenvalue weighted by molar-refractivity contribution is 7.52. The van der Waals surface area contributed by atoms with Gasteiger partial charge in [-0.1, -0.05) is 53.9 Å². The number of carbonyl (C=O) groups excluding carboxylic acids is 6. The predicted molar refractivity (Wildman–Crippen MR) is 253 cm³/mol. The van der Waals surface area contributed by atoms with Crippen LogP contribution in [0.2, 0.25) is 0 Å². The summed E-state index contributed by atoms with van der Waals surface area (Å²) in [7, 11) is -3.59. The second-order valence-corrected chi connectivity index (χ2v) is 20.3. The van der Waals surface area contributed by atoms with E-state index in [4.69, 9.17) is 14.0 Å². The number of ether oxygens (including phenoxy) is 2. The maximum absolute atomic E-state index is 13.6. The van der Waals surface area contributed by atoms with E-state index in [9.17, 15) is 53.5 Å². The lowest BCUT2D eigenvalue weighted by molar-refractivity contribution is -0.273. The molecule has 20 nitrogen and oxygen atoms in total. The molecule has 21 heteroatoms. The van der Waals surface area contributed by atoms with Crippen LogP contribution >= 0.6 is 7.60 Å². The van der Waals surface area contributed by atoms with Gasteiger partial charge in [0.15, 0.2) is 6.29 Å². The standard InChI is InChI=1S/C46H87N6O14P/c1-9-33(25-35(11-3)29-64-45-42(51-32(8)54)44(61)43(60)36(28-53)66-45)27-50-40(58)20-23-46(21-18-38(56)47-12-4,22-19-39(57)48-13-5)52-41(59)17-15-16-37(55)49-26-31(7)24-34(10-2)30-65-67(62,63)14-6/h31,33-36,42-45,53,60-61H,9-30H2,1-8H3,(H,47,56)(H,48,57)(H,49,55)(H,50,58)(H,51,54)(H,52,59)(H,62,63). The van der Waals surface area contributed by atoms with Gasteiger partial charge >= 0.3 is 7.60 Å². The first kappa shape index (κ1) is 61.8. The average molecular weight is 979 g/mol. The summed E-state index contributed by atoms with van der Waals surface area (Å²) < 4.78 is 28.9. The molecule has 390 valence electrons. The molecule has 0 aromatic rings. The van der Waals surface area contributed by atoms with Crippen molar-refractivity contribution in [3.63, 3.8) is 0 Å². The molecule has 10 atom stereocenters. The maximum atomic E-state index is 13.6. The van der Waals surface area contributed by atoms with E-state index < -0.39 is 56.3 Å². The average Bonchev–Trinajstić information content (AvgIpc) is 3.29. The van der Waals surface area contributed by atoms with E-state index in [1.807, 2.05) is 27.7 Å². The van der Waals surface area contributed by atoms with Crippen LogP contribution in [-0.2, 0) is 47.3 Å². The largest absolute Gasteiger partial charge is 0.394 e. The molecule has 10 unspecified atom stereocenters. The molecule has 1 heterocycles. The van der Waals surface area contributed by atoms with Gasteiger partial charge in [0.25, 0.3) is 0 Å². The topological polar surface area (TPSA) is 300 Å². The van der Waals surface area contributed by atoms with Gasteiger partial charge in [-0.2, -0.15) is 0 Å². The summed E-state index contributed by atoms with van der Waals surface area (Å²) in [6, 6.07) is -1.06. The van der Waals surface area contributed by atoms with Crippen LogP contribution in [0.1, 0.15) is 145 Å². The monoisotopic (exact) mass is 979 g/mol. The molecule has 1 saturated heterocycles. The van der Waals surface area contributed by atoms with Crippen molar-refractivity contribution in [1.82, 2.24) is 31.9 Å². The van der Waals surface area contributed by atoms with E-state index >= 15 is 0 Å². The number of nitrogens with one attached hydrogen (secondary N) is 6. The summed E-state index contributed by atoms with van der Waals surface area (Å²) in [5.41, 5.74) is -1.09. The number of rotatable bonds is 36. The Morgan fingerprint density at radius 2 is 1.19 bits per heavy atom. The minimum atomic E-state index is -3.59. The van der Waals surface area contributed by atoms with Gasteiger partial charge in [0.05, 0.1) is 19.8 Å². The SMILES string of the molecule is CCNC(=O)CCC(CCC(=O)NCC)(CCC(=O)NCC(CC)CC(CC)COC1OC(CO)C(O)C(O)C1NC(C)=O)NC(=O)CCCC(=O)NCC(C)CC(CC)COP(=O)(O)CC. The van der Waals surface area contributed by atoms with Crippen LogP contribution in [0.4, 0.5) is 0 Å². The van der Waals surface area contributed by atoms with Crippen molar-refractivity contribution in [3.05, 3.63) is 0 Å². The van der Waals surface area contributed by atoms with Crippen LogP contribution < -0.4 is 31.9 Å². The Balaban J connectivity index is 2.98. The maximum Gasteiger partial charge on any atom is 0.327 e. The van der Waals surface area contributed by atoms with Crippen LogP contribution in [0.25, 0.3) is 0 Å². The third-order valence-electron chi connectivity index (χ3n) is 12.5. The Kier molecular flexibility index (Phi) is 30.7. The van der Waals surface area contributed by atoms with Crippen molar-refractivity contribution < 1.29 is 67.5 Å². The summed E-state index contributed by atoms with van der Waals surface area (Å²) in [5, 5.41) is 47.8. The number of amides is 6. The van der Waals surface area contributed by atoms with Gasteiger partial charge < -0.3 is 66.1 Å². The second-order valence-electron chi connectivity index (χ2n) is 18.1. The highest BCUT2D eigenvalue weighted by Crippen LogP contribution is 2.42. The summed E-state index contributed by atoms with van der Waals surface area (Å²) in [5.74, 6) is -1.62. The van der Waals surface area contributed by atoms with E-state index in [1.165, 1.54) is 6.92 Å². The molecule has 0 spiro atoms. The van der Waals surface area contributed by atoms with E-state index in [-0.39, 0.29) is 130 Å². The zero-order valence-corrected chi connectivity index (χ0v) is 42.5. The first-order valence-corrected chi connectivity index (χ1v) is 26.3. The molecular weight excluding hydrogens is 892 g/mol. The summed E-state index contributed by atoms with van der Waals surface area (Å²) in [6.07, 6.45) is -0.609. The fourth-order valence-corrected chi connectivity index (χ4v) is 8.69. The van der Waals surface area contributed by atoms with Gasteiger partial charge in [0, 0.05) is 76.9 Å². The molecule has 0 aromatic carbocycles. The zero-order chi connectivity index (χ0) is 50.6. The van der Waals surface area contributed by atoms with Gasteiger partial charge in [-0.3, -0.25) is 33.3 Å². The minimum Gasteiger partial charge on any atom is -0.394 e. The Morgan fingerprint density at radius 3 is 1.70 bits per heavy atom. The third kappa shape index (κ3) is 25.3. The second kappa shape index (κ2) is 33.3. The lowest BCUT2D eigenvalue weighted by atomic mass is 9.82. The van der Waals surface area contributed by atoms with Gasteiger partial charge in [0.1, 0.15) is 24.4 Å². The van der Waals surface area contributed by atoms with Crippen molar-refractivity contribution >= 4 is 43.0 Å². The zero-order valence-electron chi connectivity index (χ0n) is 41.6. The molecule has 0 radical (unpaired) electrons. The van der Waals surface area contributed by atoms with Gasteiger partial charge in [-0.05, 0) is 76.0 Å². The van der Waals surface area contributed by atoms with Crippen molar-refractivity contribution in [2.24, 2.45) is 23.7 Å². The van der Waals surface area contributed by atoms with E-state index in [0.717, 1.165) is 12.8 Å². The Labute approximate surface area is 398 Å². The van der Waals surface area contributed by atoms with Crippen LogP contribution in [0, 0.1) is 23.7 Å². The number of hydrogen-bond acceptors (Lipinski definition) is 13. The molecule has 0 aromatic heterocycles. The van der Waals surface area contributed by atoms with Crippen molar-refractivity contribution in [1.29, 1.82) is 0 Å². The summed E-state index contributed by atoms with van der Waals surface area (Å²) in [6.45, 7) is 15.8. The van der Waals surface area contributed by atoms with Gasteiger partial charge in [0.2, 0.25) is 35.4 Å². The van der Waals surface area contributed by atoms with Crippen molar-refractivity contribution in [3.8, 4) is 0 Å². The molecule has 0 aliphatic carbocycles. The van der Waals surface area contributed by atoms with Crippen molar-refractivity contribution in [2.45, 2.75) is 181 Å². The molecule has 0 bridgehead atoms. The lowest BCUT2D eigenvalue weighted by Crippen LogP contribution is -2.64. The van der Waals surface area contributed by atoms with Crippen LogP contribution in [-0.4, -0.2) is 144 Å². The number of aliphatic hydroxyl groups excluding tert-OH is 3. The Hall–Kier alpha value is -3.23. The van der Waals surface area contributed by atoms with Crippen LogP contribution in [0.5, 0.6) is 0 Å². The Morgan fingerprint density at radius 1 is 0.687 bits per heavy atom. The number of carbonyl (C=O) groups is 6. The molecule has 1 aliphatic rings. The molecule has 1 fully saturated rings. The molecule has 1 aliphatic heterocycles. The number of aliphatic hydroxyl groups is 3. The van der Waals surface area contributed by atoms with Gasteiger partial charge in [-0.25, -0.2) is 0 Å². The van der Waals surface area contributed by atoms with E-state index in [2.05, 4.69) is 31.9 Å². The quantitative estimate of drug-likeness (QED) is 0.0404. The molecule has 1 rings (SSSR count). The smallest absolute Gasteiger partial charge is 0.327 e. The summed E-state index contributed by atoms with van der Waals surface area (Å²) in [4.78, 5) is 87.0. The lowest BCUT2D eigenvalue weighted by Gasteiger charge is -2.42. The van der Waals surface area contributed by atoms with E-state index in [1.54, 1.807) is 20.8 Å². The Bertz CT molecular complexity index is 1520. The highest BCUT2D eigenvalue weighted by atomic mass is 31.2. The van der Waals surface area contributed by atoms with Crippen molar-refractivity contribution in [2.75, 3.05) is 52.2 Å². The first-order chi connectivity index (χ1) is 31.7. The normalized spacial score (nSPS) is 21.2. The summed E-state index contributed by atoms with van der Waals surface area (Å²) >= 11 is 0. The molecule has 10 N–H and O–H groups in total. The van der Waals surface area contributed by atoms with Crippen LogP contribution in [0.15, 0.2) is 0 Å². The molecule has 67 heavy (non-hydrogen) atoms. The van der Waals surface area contributed by atoms with Gasteiger partial charge in [-0.15, -0.1) is 0 Å². The van der Waals surface area contributed by atoms with Crippen LogP contribution in [0.3, 0.4) is 0 Å².